The highest BCUT2D eigenvalue weighted by molar-refractivity contribution is 6.31. The van der Waals surface area contributed by atoms with Crippen LogP contribution in [0.4, 0.5) is 17.6 Å². The third kappa shape index (κ3) is 6.54. The van der Waals surface area contributed by atoms with Crippen molar-refractivity contribution in [1.29, 1.82) is 0 Å². The number of hydrogen-bond donors (Lipinski definition) is 1. The van der Waals surface area contributed by atoms with Crippen molar-refractivity contribution in [3.8, 4) is 0 Å². The smallest absolute Gasteiger partial charge is 0.370 e. The maximum Gasteiger partial charge on any atom is 0.411 e. The summed E-state index contributed by atoms with van der Waals surface area (Å²) in [4.78, 5) is 0. The zero-order chi connectivity index (χ0) is 15.2. The van der Waals surface area contributed by atoms with Gasteiger partial charge in [-0.05, 0) is 36.7 Å². The van der Waals surface area contributed by atoms with E-state index < -0.39 is 18.6 Å². The Kier molecular flexibility index (Phi) is 6.71. The lowest BCUT2D eigenvalue weighted by Gasteiger charge is -2.19. The largest absolute Gasteiger partial charge is 0.411 e. The monoisotopic (exact) mass is 313 g/mol. The highest BCUT2D eigenvalue weighted by Gasteiger charge is 2.28. The number of halogens is 5. The van der Waals surface area contributed by atoms with Crippen LogP contribution in [0, 0.1) is 5.82 Å². The Labute approximate surface area is 120 Å². The minimum Gasteiger partial charge on any atom is -0.370 e. The predicted octanol–water partition coefficient (Wildman–Crippen LogP) is 3.58. The van der Waals surface area contributed by atoms with Crippen LogP contribution in [-0.2, 0) is 11.2 Å². The van der Waals surface area contributed by atoms with Crippen molar-refractivity contribution >= 4 is 11.6 Å². The summed E-state index contributed by atoms with van der Waals surface area (Å²) >= 11 is 5.93. The molecule has 0 saturated heterocycles. The second kappa shape index (κ2) is 7.81. The Morgan fingerprint density at radius 1 is 1.35 bits per heavy atom. The van der Waals surface area contributed by atoms with E-state index in [0.717, 1.165) is 0 Å². The number of ether oxygens (including phenoxy) is 1. The van der Waals surface area contributed by atoms with E-state index in [1.807, 2.05) is 6.92 Å². The zero-order valence-electron chi connectivity index (χ0n) is 10.9. The summed E-state index contributed by atoms with van der Waals surface area (Å²) in [7, 11) is 0. The molecule has 0 amide bonds. The summed E-state index contributed by atoms with van der Waals surface area (Å²) in [5.41, 5.74) is 0.535. The van der Waals surface area contributed by atoms with E-state index in [-0.39, 0.29) is 12.6 Å². The van der Waals surface area contributed by atoms with Crippen LogP contribution in [0.25, 0.3) is 0 Å². The van der Waals surface area contributed by atoms with Crippen molar-refractivity contribution in [1.82, 2.24) is 5.32 Å². The topological polar surface area (TPSA) is 21.3 Å². The van der Waals surface area contributed by atoms with Crippen molar-refractivity contribution in [2.24, 2.45) is 0 Å². The first-order valence-corrected chi connectivity index (χ1v) is 6.51. The van der Waals surface area contributed by atoms with Crippen LogP contribution in [0.5, 0.6) is 0 Å². The molecule has 1 unspecified atom stereocenters. The molecular formula is C13H16ClF4NO. The van der Waals surface area contributed by atoms with E-state index in [4.69, 9.17) is 11.6 Å². The van der Waals surface area contributed by atoms with Crippen LogP contribution in [0.1, 0.15) is 12.5 Å². The number of benzene rings is 1. The number of likely N-dealkylation sites (N-methyl/N-ethyl adjacent to an activating group) is 1. The van der Waals surface area contributed by atoms with Crippen LogP contribution < -0.4 is 5.32 Å². The molecule has 0 aliphatic carbocycles. The Balaban J connectivity index is 2.60. The third-order valence-corrected chi connectivity index (χ3v) is 2.92. The lowest BCUT2D eigenvalue weighted by atomic mass is 10.1. The van der Waals surface area contributed by atoms with Gasteiger partial charge in [-0.2, -0.15) is 13.2 Å². The average Bonchev–Trinajstić information content (AvgIpc) is 2.32. The molecule has 0 heterocycles. The summed E-state index contributed by atoms with van der Waals surface area (Å²) in [6, 6.07) is 3.57. The van der Waals surface area contributed by atoms with E-state index in [0.29, 0.717) is 23.6 Å². The van der Waals surface area contributed by atoms with Crippen LogP contribution in [0.2, 0.25) is 5.02 Å². The summed E-state index contributed by atoms with van der Waals surface area (Å²) in [6.07, 6.45) is -4.06. The quantitative estimate of drug-likeness (QED) is 0.777. The Morgan fingerprint density at radius 3 is 2.65 bits per heavy atom. The van der Waals surface area contributed by atoms with E-state index >= 15 is 0 Å². The van der Waals surface area contributed by atoms with Gasteiger partial charge in [-0.1, -0.05) is 18.5 Å². The van der Waals surface area contributed by atoms with Crippen LogP contribution in [-0.4, -0.2) is 32.0 Å². The van der Waals surface area contributed by atoms with Gasteiger partial charge in [0.25, 0.3) is 0 Å². The van der Waals surface area contributed by atoms with Gasteiger partial charge in [0.15, 0.2) is 0 Å². The van der Waals surface area contributed by atoms with Crippen molar-refractivity contribution in [2.75, 3.05) is 19.8 Å². The van der Waals surface area contributed by atoms with Crippen molar-refractivity contribution in [3.05, 3.63) is 34.6 Å². The minimum absolute atomic E-state index is 0.125. The van der Waals surface area contributed by atoms with Gasteiger partial charge in [0.2, 0.25) is 0 Å². The van der Waals surface area contributed by atoms with Crippen molar-refractivity contribution in [2.45, 2.75) is 25.6 Å². The molecule has 0 radical (unpaired) electrons. The van der Waals surface area contributed by atoms with Gasteiger partial charge >= 0.3 is 6.18 Å². The fourth-order valence-electron chi connectivity index (χ4n) is 1.76. The minimum atomic E-state index is -4.35. The maximum atomic E-state index is 13.1. The van der Waals surface area contributed by atoms with Gasteiger partial charge in [0.1, 0.15) is 12.4 Å². The molecule has 0 saturated carbocycles. The first-order valence-electron chi connectivity index (χ1n) is 6.13. The van der Waals surface area contributed by atoms with Gasteiger partial charge in [0, 0.05) is 11.1 Å². The molecule has 0 bridgehead atoms. The van der Waals surface area contributed by atoms with Gasteiger partial charge in [-0.3, -0.25) is 0 Å². The second-order valence-electron chi connectivity index (χ2n) is 4.32. The molecule has 20 heavy (non-hydrogen) atoms. The maximum absolute atomic E-state index is 13.1. The first-order chi connectivity index (χ1) is 9.31. The fraction of sp³-hybridized carbons (Fsp3) is 0.538. The van der Waals surface area contributed by atoms with E-state index in [1.54, 1.807) is 0 Å². The number of nitrogens with one attached hydrogen (secondary N) is 1. The molecule has 1 N–H and O–H groups in total. The molecule has 0 aromatic heterocycles. The third-order valence-electron chi connectivity index (χ3n) is 2.55. The highest BCUT2D eigenvalue weighted by atomic mass is 35.5. The van der Waals surface area contributed by atoms with Gasteiger partial charge in [-0.25, -0.2) is 4.39 Å². The molecule has 0 aliphatic rings. The van der Waals surface area contributed by atoms with Crippen LogP contribution >= 0.6 is 11.6 Å². The number of alkyl halides is 3. The standard InChI is InChI=1S/C13H16ClF4NO/c1-2-19-11(7-20-8-13(16,17)18)6-9-5-10(15)3-4-12(9)14/h3-5,11,19H,2,6-8H2,1H3. The highest BCUT2D eigenvalue weighted by Crippen LogP contribution is 2.19. The Morgan fingerprint density at radius 2 is 2.05 bits per heavy atom. The average molecular weight is 314 g/mol. The molecular weight excluding hydrogens is 298 g/mol. The summed E-state index contributed by atoms with van der Waals surface area (Å²) in [5.74, 6) is -0.434. The zero-order valence-corrected chi connectivity index (χ0v) is 11.7. The van der Waals surface area contributed by atoms with Crippen LogP contribution in [0.3, 0.4) is 0 Å². The molecule has 0 aliphatic heterocycles. The molecule has 0 fully saturated rings. The normalized spacial score (nSPS) is 13.5. The number of rotatable bonds is 7. The molecule has 1 aromatic rings. The SMILES string of the molecule is CCNC(COCC(F)(F)F)Cc1cc(F)ccc1Cl. The Bertz CT molecular complexity index is 425. The lowest BCUT2D eigenvalue weighted by Crippen LogP contribution is -2.36. The molecule has 1 rings (SSSR count). The molecule has 7 heteroatoms. The number of hydrogen-bond acceptors (Lipinski definition) is 2. The second-order valence-corrected chi connectivity index (χ2v) is 4.73. The first kappa shape index (κ1) is 17.2. The molecule has 2 nitrogen and oxygen atoms in total. The fourth-order valence-corrected chi connectivity index (χ4v) is 1.96. The van der Waals surface area contributed by atoms with Crippen LogP contribution in [0.15, 0.2) is 18.2 Å². The molecule has 0 spiro atoms. The molecule has 1 atom stereocenters. The van der Waals surface area contributed by atoms with Gasteiger partial charge in [-0.15, -0.1) is 0 Å². The van der Waals surface area contributed by atoms with E-state index in [2.05, 4.69) is 10.1 Å². The lowest BCUT2D eigenvalue weighted by molar-refractivity contribution is -0.175. The van der Waals surface area contributed by atoms with Crippen molar-refractivity contribution in [3.63, 3.8) is 0 Å². The molecule has 114 valence electrons. The predicted molar refractivity (Wildman–Crippen MR) is 69.5 cm³/mol. The Hall–Kier alpha value is -0.850. The summed E-state index contributed by atoms with van der Waals surface area (Å²) < 4.78 is 53.8. The summed E-state index contributed by atoms with van der Waals surface area (Å²) in [6.45, 7) is 0.961. The van der Waals surface area contributed by atoms with Crippen molar-refractivity contribution < 1.29 is 22.3 Å². The van der Waals surface area contributed by atoms with Gasteiger partial charge < -0.3 is 10.1 Å². The summed E-state index contributed by atoms with van der Waals surface area (Å²) in [5, 5.41) is 3.37. The van der Waals surface area contributed by atoms with Gasteiger partial charge in [0.05, 0.1) is 6.61 Å². The van der Waals surface area contributed by atoms with E-state index in [1.165, 1.54) is 18.2 Å². The van der Waals surface area contributed by atoms with E-state index in [9.17, 15) is 17.6 Å². The molecule has 1 aromatic carbocycles.